The monoisotopic (exact) mass is 389 g/mol. The summed E-state index contributed by atoms with van der Waals surface area (Å²) in [6.07, 6.45) is 0.934. The van der Waals surface area contributed by atoms with Gasteiger partial charge in [0, 0.05) is 10.6 Å². The van der Waals surface area contributed by atoms with Crippen molar-refractivity contribution in [2.75, 3.05) is 4.90 Å². The van der Waals surface area contributed by atoms with Gasteiger partial charge >= 0.3 is 6.09 Å². The maximum Gasteiger partial charge on any atom is 0.422 e. The molecule has 4 nitrogen and oxygen atoms in total. The van der Waals surface area contributed by atoms with E-state index in [9.17, 15) is 9.59 Å². The second-order valence-electron chi connectivity index (χ2n) is 6.87. The van der Waals surface area contributed by atoms with Crippen LogP contribution in [0.2, 0.25) is 10.0 Å². The Morgan fingerprint density at radius 3 is 2.46 bits per heavy atom. The largest absolute Gasteiger partial charge is 0.443 e. The zero-order valence-corrected chi connectivity index (χ0v) is 16.1. The van der Waals surface area contributed by atoms with E-state index in [1.165, 1.54) is 0 Å². The van der Waals surface area contributed by atoms with E-state index in [-0.39, 0.29) is 0 Å². The minimum absolute atomic E-state index is 0.318. The van der Waals surface area contributed by atoms with Gasteiger partial charge in [0.25, 0.3) is 5.91 Å². The highest BCUT2D eigenvalue weighted by Crippen LogP contribution is 2.42. The average molecular weight is 390 g/mol. The van der Waals surface area contributed by atoms with E-state index in [1.807, 2.05) is 6.07 Å². The summed E-state index contributed by atoms with van der Waals surface area (Å²) in [7, 11) is 0. The lowest BCUT2D eigenvalue weighted by Crippen LogP contribution is -2.38. The lowest BCUT2D eigenvalue weighted by molar-refractivity contribution is -0.112. The number of fused-ring (bicyclic) bond motifs is 1. The van der Waals surface area contributed by atoms with Crippen LogP contribution in [0.4, 0.5) is 10.5 Å². The zero-order valence-electron chi connectivity index (χ0n) is 14.5. The van der Waals surface area contributed by atoms with Gasteiger partial charge in [-0.3, -0.25) is 4.79 Å². The summed E-state index contributed by atoms with van der Waals surface area (Å²) in [5.74, 6) is -0.484. The van der Waals surface area contributed by atoms with Crippen molar-refractivity contribution in [1.82, 2.24) is 0 Å². The van der Waals surface area contributed by atoms with Crippen LogP contribution in [0.5, 0.6) is 0 Å². The molecule has 2 aromatic rings. The molecule has 3 rings (SSSR count). The molecule has 1 heterocycles. The normalized spacial score (nSPS) is 15.3. The van der Waals surface area contributed by atoms with Gasteiger partial charge in [-0.2, -0.15) is 0 Å². The van der Waals surface area contributed by atoms with Gasteiger partial charge < -0.3 is 4.74 Å². The third-order valence-electron chi connectivity index (χ3n) is 3.67. The highest BCUT2D eigenvalue weighted by molar-refractivity contribution is 6.45. The third-order valence-corrected chi connectivity index (χ3v) is 4.22. The van der Waals surface area contributed by atoms with Crippen LogP contribution in [-0.2, 0) is 9.53 Å². The number of hydrogen-bond donors (Lipinski definition) is 0. The summed E-state index contributed by atoms with van der Waals surface area (Å²) in [4.78, 5) is 26.6. The molecule has 2 amide bonds. The molecular weight excluding hydrogens is 373 g/mol. The number of carbonyl (C=O) groups is 2. The Labute approximate surface area is 162 Å². The van der Waals surface area contributed by atoms with Crippen molar-refractivity contribution in [3.63, 3.8) is 0 Å². The molecule has 0 saturated heterocycles. The number of ether oxygens (including phenoxy) is 1. The zero-order chi connectivity index (χ0) is 19.1. The fourth-order valence-corrected chi connectivity index (χ4v) is 3.16. The topological polar surface area (TPSA) is 46.6 Å². The van der Waals surface area contributed by atoms with Gasteiger partial charge in [-0.05, 0) is 56.7 Å². The van der Waals surface area contributed by atoms with Crippen LogP contribution in [0.15, 0.2) is 42.5 Å². The van der Waals surface area contributed by atoms with Crippen molar-refractivity contribution in [1.29, 1.82) is 0 Å². The van der Waals surface area contributed by atoms with Crippen molar-refractivity contribution in [3.8, 4) is 0 Å². The fourth-order valence-electron chi connectivity index (χ4n) is 2.69. The standard InChI is InChI=1S/C20H17Cl2NO3/c1-20(2,3)26-19(25)23-16-9-5-8-15(22)17(16)14(18(23)24)11-12-6-4-7-13(21)10-12/h4-11H,1-3H3. The molecule has 1 aliphatic rings. The van der Waals surface area contributed by atoms with Gasteiger partial charge in [0.2, 0.25) is 0 Å². The van der Waals surface area contributed by atoms with Crippen LogP contribution in [0.3, 0.4) is 0 Å². The van der Waals surface area contributed by atoms with E-state index in [1.54, 1.807) is 63.2 Å². The first-order chi connectivity index (χ1) is 12.2. The quantitative estimate of drug-likeness (QED) is 0.577. The first-order valence-corrected chi connectivity index (χ1v) is 8.76. The predicted molar refractivity (Wildman–Crippen MR) is 104 cm³/mol. The van der Waals surface area contributed by atoms with Gasteiger partial charge in [0.05, 0.1) is 16.3 Å². The van der Waals surface area contributed by atoms with Crippen molar-refractivity contribution in [2.45, 2.75) is 26.4 Å². The number of anilines is 1. The summed E-state index contributed by atoms with van der Waals surface area (Å²) in [6, 6.07) is 12.1. The molecule has 0 saturated carbocycles. The molecular formula is C20H17Cl2NO3. The van der Waals surface area contributed by atoms with E-state index < -0.39 is 17.6 Å². The van der Waals surface area contributed by atoms with Crippen LogP contribution in [0.25, 0.3) is 11.6 Å². The molecule has 1 aliphatic heterocycles. The Kier molecular flexibility index (Phi) is 4.82. The molecule has 0 aliphatic carbocycles. The Balaban J connectivity index is 2.11. The summed E-state index contributed by atoms with van der Waals surface area (Å²) < 4.78 is 5.38. The SMILES string of the molecule is CC(C)(C)OC(=O)N1C(=O)C(=Cc2cccc(Cl)c2)c2c(Cl)cccc21. The van der Waals surface area contributed by atoms with Gasteiger partial charge in [0.1, 0.15) is 5.60 Å². The Morgan fingerprint density at radius 1 is 1.12 bits per heavy atom. The molecule has 0 radical (unpaired) electrons. The molecule has 134 valence electrons. The first kappa shape index (κ1) is 18.5. The maximum absolute atomic E-state index is 13.0. The van der Waals surface area contributed by atoms with E-state index in [2.05, 4.69) is 0 Å². The Hall–Kier alpha value is -2.30. The molecule has 26 heavy (non-hydrogen) atoms. The van der Waals surface area contributed by atoms with Crippen LogP contribution in [0.1, 0.15) is 31.9 Å². The highest BCUT2D eigenvalue weighted by atomic mass is 35.5. The van der Waals surface area contributed by atoms with Crippen LogP contribution >= 0.6 is 23.2 Å². The molecule has 0 unspecified atom stereocenters. The lowest BCUT2D eigenvalue weighted by atomic mass is 10.0. The van der Waals surface area contributed by atoms with Crippen LogP contribution < -0.4 is 4.90 Å². The number of rotatable bonds is 1. The molecule has 0 aromatic heterocycles. The minimum atomic E-state index is -0.736. The average Bonchev–Trinajstić information content (AvgIpc) is 2.79. The molecule has 0 fully saturated rings. The molecule has 0 spiro atoms. The second-order valence-corrected chi connectivity index (χ2v) is 7.71. The highest BCUT2D eigenvalue weighted by Gasteiger charge is 2.40. The van der Waals surface area contributed by atoms with Crippen LogP contribution in [0, 0.1) is 0 Å². The van der Waals surface area contributed by atoms with Crippen molar-refractivity contribution < 1.29 is 14.3 Å². The predicted octanol–water partition coefficient (Wildman–Crippen LogP) is 5.82. The van der Waals surface area contributed by atoms with Gasteiger partial charge in [-0.1, -0.05) is 41.4 Å². The van der Waals surface area contributed by atoms with Crippen molar-refractivity contribution in [2.24, 2.45) is 0 Å². The number of benzene rings is 2. The number of carbonyl (C=O) groups excluding carboxylic acids is 2. The van der Waals surface area contributed by atoms with Gasteiger partial charge in [-0.15, -0.1) is 0 Å². The van der Waals surface area contributed by atoms with E-state index >= 15 is 0 Å². The van der Waals surface area contributed by atoms with E-state index in [4.69, 9.17) is 27.9 Å². The smallest absolute Gasteiger partial charge is 0.422 e. The third kappa shape index (κ3) is 3.62. The first-order valence-electron chi connectivity index (χ1n) is 8.01. The van der Waals surface area contributed by atoms with Crippen molar-refractivity contribution >= 4 is 52.5 Å². The van der Waals surface area contributed by atoms with Gasteiger partial charge in [0.15, 0.2) is 0 Å². The van der Waals surface area contributed by atoms with E-state index in [0.717, 1.165) is 10.5 Å². The summed E-state index contributed by atoms with van der Waals surface area (Å²) in [5, 5.41) is 0.934. The molecule has 0 N–H and O–H groups in total. The Bertz CT molecular complexity index is 929. The number of amides is 2. The molecule has 6 heteroatoms. The summed E-state index contributed by atoms with van der Waals surface area (Å²) >= 11 is 12.4. The number of nitrogens with zero attached hydrogens (tertiary/aromatic N) is 1. The second kappa shape index (κ2) is 6.78. The Morgan fingerprint density at radius 2 is 1.81 bits per heavy atom. The number of hydrogen-bond acceptors (Lipinski definition) is 3. The minimum Gasteiger partial charge on any atom is -0.443 e. The molecule has 0 atom stereocenters. The molecule has 0 bridgehead atoms. The molecule has 2 aromatic carbocycles. The number of halogens is 2. The summed E-state index contributed by atoms with van der Waals surface area (Å²) in [5.41, 5.74) is 1.24. The summed E-state index contributed by atoms with van der Waals surface area (Å²) in [6.45, 7) is 5.23. The maximum atomic E-state index is 13.0. The number of imide groups is 1. The van der Waals surface area contributed by atoms with Crippen molar-refractivity contribution in [3.05, 3.63) is 63.6 Å². The van der Waals surface area contributed by atoms with Crippen LogP contribution in [-0.4, -0.2) is 17.6 Å². The van der Waals surface area contributed by atoms with E-state index in [0.29, 0.717) is 26.9 Å². The fraction of sp³-hybridized carbons (Fsp3) is 0.200. The van der Waals surface area contributed by atoms with Gasteiger partial charge in [-0.25, -0.2) is 9.69 Å². The lowest BCUT2D eigenvalue weighted by Gasteiger charge is -2.23.